The minimum absolute atomic E-state index is 0.384. The fourth-order valence-electron chi connectivity index (χ4n) is 2.62. The van der Waals surface area contributed by atoms with Crippen LogP contribution in [0.1, 0.15) is 25.3 Å². The smallest absolute Gasteiger partial charge is 0.192 e. The number of benzene rings is 1. The second-order valence-corrected chi connectivity index (χ2v) is 5.18. The molecule has 1 heterocycles. The predicted molar refractivity (Wildman–Crippen MR) is 65.1 cm³/mol. The molecule has 1 saturated carbocycles. The molecule has 2 N–H and O–H groups in total. The van der Waals surface area contributed by atoms with E-state index in [1.807, 2.05) is 11.8 Å². The number of rotatable bonds is 2. The summed E-state index contributed by atoms with van der Waals surface area (Å²) >= 11 is 0. The third-order valence-electron chi connectivity index (χ3n) is 3.78. The van der Waals surface area contributed by atoms with Gasteiger partial charge in [0, 0.05) is 6.04 Å². The van der Waals surface area contributed by atoms with Crippen LogP contribution >= 0.6 is 0 Å². The molecule has 0 spiro atoms. The van der Waals surface area contributed by atoms with Crippen molar-refractivity contribution in [1.82, 2.24) is 4.90 Å². The van der Waals surface area contributed by atoms with E-state index in [0.717, 1.165) is 24.5 Å². The Hall–Kier alpha value is -1.65. The van der Waals surface area contributed by atoms with E-state index in [2.05, 4.69) is 4.99 Å². The monoisotopic (exact) mass is 251 g/mol. The van der Waals surface area contributed by atoms with Gasteiger partial charge in [-0.25, -0.2) is 8.78 Å². The Kier molecular flexibility index (Phi) is 2.33. The Morgan fingerprint density at radius 1 is 1.33 bits per heavy atom. The van der Waals surface area contributed by atoms with Gasteiger partial charge >= 0.3 is 0 Å². The highest BCUT2D eigenvalue weighted by Gasteiger charge is 2.47. The summed E-state index contributed by atoms with van der Waals surface area (Å²) in [7, 11) is 0. The van der Waals surface area contributed by atoms with Gasteiger partial charge < -0.3 is 10.6 Å². The second kappa shape index (κ2) is 3.67. The van der Waals surface area contributed by atoms with Gasteiger partial charge in [-0.3, -0.25) is 4.99 Å². The summed E-state index contributed by atoms with van der Waals surface area (Å²) in [5, 5.41) is 0. The highest BCUT2D eigenvalue weighted by molar-refractivity contribution is 5.82. The average Bonchev–Trinajstić information content (AvgIpc) is 3.10. The summed E-state index contributed by atoms with van der Waals surface area (Å²) in [5.41, 5.74) is 6.17. The summed E-state index contributed by atoms with van der Waals surface area (Å²) in [6.45, 7) is 2.46. The van der Waals surface area contributed by atoms with Crippen LogP contribution in [0.2, 0.25) is 0 Å². The van der Waals surface area contributed by atoms with Gasteiger partial charge in [0.2, 0.25) is 0 Å². The van der Waals surface area contributed by atoms with Gasteiger partial charge in [0.15, 0.2) is 17.6 Å². The molecule has 1 atom stereocenters. The molecule has 0 aromatic heterocycles. The molecular weight excluding hydrogens is 236 g/mol. The summed E-state index contributed by atoms with van der Waals surface area (Å²) in [5.74, 6) is -1.15. The first-order valence-corrected chi connectivity index (χ1v) is 6.07. The molecule has 18 heavy (non-hydrogen) atoms. The zero-order valence-electron chi connectivity index (χ0n) is 10.2. The van der Waals surface area contributed by atoms with Crippen LogP contribution in [0.3, 0.4) is 0 Å². The van der Waals surface area contributed by atoms with Crippen LogP contribution in [0.4, 0.5) is 8.78 Å². The SMILES string of the molecule is CC1(c2ccc(F)c(F)c2)CN=C(N)N1C1CC1. The normalized spacial score (nSPS) is 27.5. The first kappa shape index (κ1) is 11.4. The molecule has 3 rings (SSSR count). The molecule has 1 aliphatic heterocycles. The van der Waals surface area contributed by atoms with Crippen molar-refractivity contribution in [2.75, 3.05) is 6.54 Å². The van der Waals surface area contributed by atoms with Gasteiger partial charge in [0.25, 0.3) is 0 Å². The van der Waals surface area contributed by atoms with E-state index in [-0.39, 0.29) is 0 Å². The van der Waals surface area contributed by atoms with E-state index in [1.54, 1.807) is 6.07 Å². The highest BCUT2D eigenvalue weighted by Crippen LogP contribution is 2.41. The first-order valence-electron chi connectivity index (χ1n) is 6.07. The maximum Gasteiger partial charge on any atom is 0.192 e. The van der Waals surface area contributed by atoms with Gasteiger partial charge in [0.1, 0.15) is 0 Å². The Bertz CT molecular complexity index is 525. The summed E-state index contributed by atoms with van der Waals surface area (Å²) < 4.78 is 26.4. The fourth-order valence-corrected chi connectivity index (χ4v) is 2.62. The maximum absolute atomic E-state index is 13.4. The van der Waals surface area contributed by atoms with Crippen molar-refractivity contribution in [3.05, 3.63) is 35.4 Å². The molecule has 1 aromatic carbocycles. The molecule has 2 aliphatic rings. The van der Waals surface area contributed by atoms with E-state index in [9.17, 15) is 8.78 Å². The van der Waals surface area contributed by atoms with Gasteiger partial charge in [-0.1, -0.05) is 6.07 Å². The molecule has 0 saturated heterocycles. The predicted octanol–water partition coefficient (Wildman–Crippen LogP) is 1.97. The third kappa shape index (κ3) is 1.57. The van der Waals surface area contributed by atoms with Gasteiger partial charge in [-0.05, 0) is 37.5 Å². The summed E-state index contributed by atoms with van der Waals surface area (Å²) in [6.07, 6.45) is 2.16. The van der Waals surface area contributed by atoms with Crippen molar-refractivity contribution >= 4 is 5.96 Å². The lowest BCUT2D eigenvalue weighted by Gasteiger charge is -2.37. The van der Waals surface area contributed by atoms with E-state index in [1.165, 1.54) is 6.07 Å². The number of nitrogens with two attached hydrogens (primary N) is 1. The van der Waals surface area contributed by atoms with E-state index in [0.29, 0.717) is 18.5 Å². The molecule has 5 heteroatoms. The molecule has 0 bridgehead atoms. The van der Waals surface area contributed by atoms with Crippen LogP contribution in [-0.2, 0) is 5.54 Å². The average molecular weight is 251 g/mol. The zero-order valence-corrected chi connectivity index (χ0v) is 10.2. The molecule has 96 valence electrons. The van der Waals surface area contributed by atoms with Crippen LogP contribution < -0.4 is 5.73 Å². The number of hydrogen-bond donors (Lipinski definition) is 1. The van der Waals surface area contributed by atoms with Crippen LogP contribution in [-0.4, -0.2) is 23.4 Å². The summed E-state index contributed by atoms with van der Waals surface area (Å²) in [4.78, 5) is 6.31. The van der Waals surface area contributed by atoms with Gasteiger partial charge in [-0.15, -0.1) is 0 Å². The molecule has 0 amide bonds. The lowest BCUT2D eigenvalue weighted by molar-refractivity contribution is 0.215. The molecule has 1 aromatic rings. The van der Waals surface area contributed by atoms with E-state index >= 15 is 0 Å². The minimum Gasteiger partial charge on any atom is -0.370 e. The fraction of sp³-hybridized carbons (Fsp3) is 0.462. The maximum atomic E-state index is 13.4. The van der Waals surface area contributed by atoms with Crippen LogP contribution in [0, 0.1) is 11.6 Å². The number of guanidine groups is 1. The van der Waals surface area contributed by atoms with Crippen molar-refractivity contribution in [3.8, 4) is 0 Å². The first-order chi connectivity index (χ1) is 8.52. The van der Waals surface area contributed by atoms with Crippen LogP contribution in [0.15, 0.2) is 23.2 Å². The van der Waals surface area contributed by atoms with Gasteiger partial charge in [0.05, 0.1) is 12.1 Å². The van der Waals surface area contributed by atoms with Gasteiger partial charge in [-0.2, -0.15) is 0 Å². The quantitative estimate of drug-likeness (QED) is 0.873. The third-order valence-corrected chi connectivity index (χ3v) is 3.78. The molecular formula is C13H15F2N3. The Morgan fingerprint density at radius 2 is 2.06 bits per heavy atom. The lowest BCUT2D eigenvalue weighted by Crippen LogP contribution is -2.48. The molecule has 3 nitrogen and oxygen atoms in total. The highest BCUT2D eigenvalue weighted by atomic mass is 19.2. The van der Waals surface area contributed by atoms with Crippen molar-refractivity contribution in [2.45, 2.75) is 31.3 Å². The number of hydrogen-bond acceptors (Lipinski definition) is 3. The largest absolute Gasteiger partial charge is 0.370 e. The molecule has 0 radical (unpaired) electrons. The second-order valence-electron chi connectivity index (χ2n) is 5.18. The zero-order chi connectivity index (χ0) is 12.9. The van der Waals surface area contributed by atoms with Crippen molar-refractivity contribution in [2.24, 2.45) is 10.7 Å². The van der Waals surface area contributed by atoms with Crippen molar-refractivity contribution in [1.29, 1.82) is 0 Å². The Labute approximate surface area is 104 Å². The van der Waals surface area contributed by atoms with E-state index < -0.39 is 17.2 Å². The van der Waals surface area contributed by atoms with E-state index in [4.69, 9.17) is 5.73 Å². The van der Waals surface area contributed by atoms with Crippen LogP contribution in [0.25, 0.3) is 0 Å². The van der Waals surface area contributed by atoms with Crippen LogP contribution in [0.5, 0.6) is 0 Å². The number of aliphatic imine (C=N–C) groups is 1. The van der Waals surface area contributed by atoms with Crippen molar-refractivity contribution < 1.29 is 8.78 Å². The number of halogens is 2. The minimum atomic E-state index is -0.827. The molecule has 1 aliphatic carbocycles. The molecule has 1 unspecified atom stereocenters. The standard InChI is InChI=1S/C13H15F2N3/c1-13(8-2-5-10(14)11(15)6-8)7-17-12(16)18(13)9-3-4-9/h2,5-6,9H,3-4,7H2,1H3,(H2,16,17). The Morgan fingerprint density at radius 3 is 2.67 bits per heavy atom. The lowest BCUT2D eigenvalue weighted by atomic mass is 9.90. The summed E-state index contributed by atoms with van der Waals surface area (Å²) in [6, 6.07) is 4.41. The Balaban J connectivity index is 2.01. The number of nitrogens with zero attached hydrogens (tertiary/aromatic N) is 2. The van der Waals surface area contributed by atoms with Crippen molar-refractivity contribution in [3.63, 3.8) is 0 Å². The molecule has 1 fully saturated rings. The topological polar surface area (TPSA) is 41.6 Å².